The Morgan fingerprint density at radius 1 is 0.595 bits per heavy atom. The Morgan fingerprint density at radius 3 is 2.26 bits per heavy atom. The number of nitrogens with zero attached hydrogens (tertiary/aromatic N) is 2. The Bertz CT molecular complexity index is 2270. The first-order valence-electron chi connectivity index (χ1n) is 14.1. The van der Waals surface area contributed by atoms with E-state index >= 15 is 0 Å². The molecule has 0 aliphatic rings. The molecule has 1 atom stereocenters. The molecule has 4 heteroatoms. The molecule has 0 fully saturated rings. The van der Waals surface area contributed by atoms with Crippen LogP contribution in [0.4, 0.5) is 5.69 Å². The van der Waals surface area contributed by atoms with Gasteiger partial charge in [0.05, 0.1) is 22.8 Å². The minimum Gasteiger partial charge on any atom is -0.320 e. The lowest BCUT2D eigenvalue weighted by Gasteiger charge is -2.14. The van der Waals surface area contributed by atoms with Crippen LogP contribution in [-0.4, -0.2) is 10.8 Å². The van der Waals surface area contributed by atoms with Crippen LogP contribution in [0.1, 0.15) is 22.7 Å². The van der Waals surface area contributed by atoms with Gasteiger partial charge in [0, 0.05) is 42.8 Å². The number of hydrogen-bond acceptors (Lipinski definition) is 3. The van der Waals surface area contributed by atoms with Gasteiger partial charge in [-0.2, -0.15) is 0 Å². The van der Waals surface area contributed by atoms with E-state index in [1.807, 2.05) is 53.9 Å². The van der Waals surface area contributed by atoms with Crippen LogP contribution in [0.3, 0.4) is 0 Å². The van der Waals surface area contributed by atoms with Crippen LogP contribution >= 0.6 is 11.3 Å². The van der Waals surface area contributed by atoms with Gasteiger partial charge in [0.15, 0.2) is 0 Å². The highest BCUT2D eigenvalue weighted by Gasteiger charge is 2.16. The summed E-state index contributed by atoms with van der Waals surface area (Å²) in [7, 11) is 0. The number of thiophene rings is 1. The molecule has 0 saturated heterocycles. The molecular formula is C38H27N3S. The lowest BCUT2D eigenvalue weighted by Crippen LogP contribution is -2.11. The van der Waals surface area contributed by atoms with Crippen molar-refractivity contribution in [1.29, 1.82) is 0 Å². The lowest BCUT2D eigenvalue weighted by molar-refractivity contribution is 0.872. The second-order valence-electron chi connectivity index (χ2n) is 10.6. The quantitative estimate of drug-likeness (QED) is 0.210. The van der Waals surface area contributed by atoms with Crippen molar-refractivity contribution < 1.29 is 0 Å². The number of fused-ring (bicyclic) bond motifs is 6. The van der Waals surface area contributed by atoms with Gasteiger partial charge in [0.2, 0.25) is 0 Å². The summed E-state index contributed by atoms with van der Waals surface area (Å²) in [5.41, 5.74) is 14.2. The van der Waals surface area contributed by atoms with Crippen LogP contribution in [0.25, 0.3) is 47.7 Å². The Morgan fingerprint density at radius 2 is 1.36 bits per heavy atom. The van der Waals surface area contributed by atoms with E-state index in [2.05, 4.69) is 108 Å². The molecule has 1 unspecified atom stereocenters. The predicted octanol–water partition coefficient (Wildman–Crippen LogP) is 9.95. The fourth-order valence-electron chi connectivity index (χ4n) is 6.06. The second kappa shape index (κ2) is 10.1. The Balaban J connectivity index is 1.25. The maximum absolute atomic E-state index is 6.67. The van der Waals surface area contributed by atoms with E-state index in [1.54, 1.807) is 0 Å². The number of aromatic nitrogens is 1. The highest BCUT2D eigenvalue weighted by atomic mass is 32.1. The molecule has 8 aromatic rings. The molecule has 42 heavy (non-hydrogen) atoms. The minimum atomic E-state index is -0.242. The fourth-order valence-corrected chi connectivity index (χ4v) is 7.19. The molecule has 0 aliphatic heterocycles. The van der Waals surface area contributed by atoms with Crippen molar-refractivity contribution in [3.8, 4) is 5.69 Å². The third-order valence-electron chi connectivity index (χ3n) is 8.08. The summed E-state index contributed by atoms with van der Waals surface area (Å²) >= 11 is 1.86. The van der Waals surface area contributed by atoms with Gasteiger partial charge in [-0.25, -0.2) is 0 Å². The summed E-state index contributed by atoms with van der Waals surface area (Å²) in [6.45, 7) is 0. The topological polar surface area (TPSA) is 43.3 Å². The maximum atomic E-state index is 6.67. The maximum Gasteiger partial charge on any atom is 0.0681 e. The van der Waals surface area contributed by atoms with E-state index in [1.165, 1.54) is 42.0 Å². The van der Waals surface area contributed by atoms with Crippen LogP contribution < -0.4 is 5.73 Å². The van der Waals surface area contributed by atoms with Crippen molar-refractivity contribution >= 4 is 65.2 Å². The van der Waals surface area contributed by atoms with Gasteiger partial charge >= 0.3 is 0 Å². The smallest absolute Gasteiger partial charge is 0.0681 e. The highest BCUT2D eigenvalue weighted by Crippen LogP contribution is 2.40. The molecule has 2 heterocycles. The standard InChI is InChI=1S/C38H27N3S/c39-38(26-12-2-1-3-13-26)30-17-4-7-18-33(30)40-24-25-11-10-14-27(21-25)41-34-19-8-5-15-28(34)31-23-37-32(22-35(31)41)29-16-6-9-20-36(29)42-37/h1-24,38H,39H2. The van der Waals surface area contributed by atoms with Gasteiger partial charge in [-0.1, -0.05) is 97.1 Å². The van der Waals surface area contributed by atoms with Gasteiger partial charge in [-0.05, 0) is 59.2 Å². The number of nitrogens with two attached hydrogens (primary N) is 1. The third-order valence-corrected chi connectivity index (χ3v) is 9.22. The van der Waals surface area contributed by atoms with E-state index in [9.17, 15) is 0 Å². The van der Waals surface area contributed by atoms with Gasteiger partial charge in [0.25, 0.3) is 0 Å². The van der Waals surface area contributed by atoms with E-state index in [0.29, 0.717) is 0 Å². The predicted molar refractivity (Wildman–Crippen MR) is 180 cm³/mol. The van der Waals surface area contributed by atoms with Crippen LogP contribution in [0.2, 0.25) is 0 Å². The molecule has 0 aliphatic carbocycles. The largest absolute Gasteiger partial charge is 0.320 e. The zero-order chi connectivity index (χ0) is 28.0. The van der Waals surface area contributed by atoms with E-state index in [4.69, 9.17) is 10.7 Å². The average molecular weight is 558 g/mol. The van der Waals surface area contributed by atoms with Crippen molar-refractivity contribution in [1.82, 2.24) is 4.57 Å². The third kappa shape index (κ3) is 4.12. The summed E-state index contributed by atoms with van der Waals surface area (Å²) in [4.78, 5) is 4.93. The van der Waals surface area contributed by atoms with Crippen molar-refractivity contribution in [3.63, 3.8) is 0 Å². The molecule has 0 saturated carbocycles. The molecule has 6 aromatic carbocycles. The van der Waals surface area contributed by atoms with Crippen LogP contribution in [0.5, 0.6) is 0 Å². The van der Waals surface area contributed by atoms with Crippen molar-refractivity contribution in [2.45, 2.75) is 6.04 Å². The molecular weight excluding hydrogens is 531 g/mol. The molecule has 200 valence electrons. The molecule has 8 rings (SSSR count). The number of benzene rings is 6. The van der Waals surface area contributed by atoms with Gasteiger partial charge < -0.3 is 10.3 Å². The summed E-state index contributed by atoms with van der Waals surface area (Å²) in [6.07, 6.45) is 1.94. The first-order valence-corrected chi connectivity index (χ1v) is 14.9. The Hall–Kier alpha value is -5.03. The fraction of sp³-hybridized carbons (Fsp3) is 0.0263. The summed E-state index contributed by atoms with van der Waals surface area (Å²) in [5.74, 6) is 0. The second-order valence-corrected chi connectivity index (χ2v) is 11.7. The number of aliphatic imine (C=N–C) groups is 1. The van der Waals surface area contributed by atoms with E-state index in [0.717, 1.165) is 28.1 Å². The van der Waals surface area contributed by atoms with Gasteiger partial charge in [-0.15, -0.1) is 11.3 Å². The monoisotopic (exact) mass is 557 g/mol. The van der Waals surface area contributed by atoms with Gasteiger partial charge in [0.1, 0.15) is 0 Å². The molecule has 0 radical (unpaired) electrons. The molecule has 0 bridgehead atoms. The summed E-state index contributed by atoms with van der Waals surface area (Å²) in [6, 6.07) is 48.8. The zero-order valence-electron chi connectivity index (χ0n) is 22.8. The minimum absolute atomic E-state index is 0.242. The molecule has 2 N–H and O–H groups in total. The number of rotatable bonds is 5. The van der Waals surface area contributed by atoms with E-state index < -0.39 is 0 Å². The van der Waals surface area contributed by atoms with Gasteiger partial charge in [-0.3, -0.25) is 4.99 Å². The zero-order valence-corrected chi connectivity index (χ0v) is 23.6. The van der Waals surface area contributed by atoms with Crippen molar-refractivity contribution in [2.24, 2.45) is 10.7 Å². The molecule has 0 amide bonds. The van der Waals surface area contributed by atoms with E-state index in [-0.39, 0.29) is 6.04 Å². The Kier molecular flexibility index (Phi) is 5.95. The number of hydrogen-bond donors (Lipinski definition) is 1. The van der Waals surface area contributed by atoms with Crippen molar-refractivity contribution in [2.75, 3.05) is 0 Å². The van der Waals surface area contributed by atoms with Crippen molar-refractivity contribution in [3.05, 3.63) is 156 Å². The first-order chi connectivity index (χ1) is 20.7. The lowest BCUT2D eigenvalue weighted by atomic mass is 9.98. The average Bonchev–Trinajstić information content (AvgIpc) is 3.58. The normalized spacial score (nSPS) is 12.7. The number of para-hydroxylation sites is 2. The first kappa shape index (κ1) is 24.7. The highest BCUT2D eigenvalue weighted by molar-refractivity contribution is 7.25. The van der Waals surface area contributed by atoms with Crippen LogP contribution in [-0.2, 0) is 0 Å². The summed E-state index contributed by atoms with van der Waals surface area (Å²) < 4.78 is 5.02. The Labute approximate surface area is 247 Å². The molecule has 0 spiro atoms. The summed E-state index contributed by atoms with van der Waals surface area (Å²) in [5, 5.41) is 5.14. The SMILES string of the molecule is NC(c1ccccc1)c1ccccc1N=Cc1cccc(-n2c3ccccc3c3cc4sc5ccccc5c4cc32)c1. The van der Waals surface area contributed by atoms with Crippen LogP contribution in [0, 0.1) is 0 Å². The molecule has 2 aromatic heterocycles. The van der Waals surface area contributed by atoms with Crippen LogP contribution in [0.15, 0.2) is 145 Å². The molecule has 3 nitrogen and oxygen atoms in total.